The molecule has 0 bridgehead atoms. The zero-order valence-corrected chi connectivity index (χ0v) is 22.7. The zero-order valence-electron chi connectivity index (χ0n) is 21.2. The molecule has 0 aliphatic carbocycles. The molecule has 2 aromatic rings. The first-order valence-corrected chi connectivity index (χ1v) is 13.6. The normalized spacial score (nSPS) is 16.5. The van der Waals surface area contributed by atoms with Crippen molar-refractivity contribution in [3.8, 4) is 0 Å². The Morgan fingerprint density at radius 1 is 1.17 bits per heavy atom. The molecule has 3 rings (SSSR count). The van der Waals surface area contributed by atoms with Gasteiger partial charge < -0.3 is 15.0 Å². The van der Waals surface area contributed by atoms with E-state index in [1.165, 1.54) is 10.4 Å². The number of benzene rings is 2. The van der Waals surface area contributed by atoms with Crippen molar-refractivity contribution in [1.82, 2.24) is 4.31 Å². The molecule has 2 aromatic carbocycles. The molecule has 1 aliphatic rings. The predicted octanol–water partition coefficient (Wildman–Crippen LogP) is 5.15. The molecule has 0 aromatic heterocycles. The fraction of sp³-hybridized carbons (Fsp3) is 0.500. The number of rotatable bonds is 9. The summed E-state index contributed by atoms with van der Waals surface area (Å²) in [5, 5.41) is 3.32. The molecule has 7 nitrogen and oxygen atoms in total. The quantitative estimate of drug-likeness (QED) is 0.493. The number of carbonyl (C=O) groups excluding carboxylic acids is 1. The van der Waals surface area contributed by atoms with Crippen LogP contribution in [0.5, 0.6) is 0 Å². The van der Waals surface area contributed by atoms with Crippen molar-refractivity contribution in [2.75, 3.05) is 37.5 Å². The van der Waals surface area contributed by atoms with Gasteiger partial charge in [0.15, 0.2) is 0 Å². The Morgan fingerprint density at radius 2 is 1.91 bits per heavy atom. The highest BCUT2D eigenvalue weighted by molar-refractivity contribution is 7.89. The molecule has 1 atom stereocenters. The van der Waals surface area contributed by atoms with Crippen LogP contribution in [0, 0.1) is 5.41 Å². The summed E-state index contributed by atoms with van der Waals surface area (Å²) in [7, 11) is -0.0300. The van der Waals surface area contributed by atoms with Gasteiger partial charge in [0.25, 0.3) is 0 Å². The maximum atomic E-state index is 13.7. The van der Waals surface area contributed by atoms with Crippen LogP contribution in [0.1, 0.15) is 45.6 Å². The van der Waals surface area contributed by atoms with Crippen molar-refractivity contribution in [2.24, 2.45) is 5.41 Å². The van der Waals surface area contributed by atoms with Gasteiger partial charge in [-0.15, -0.1) is 0 Å². The van der Waals surface area contributed by atoms with Crippen LogP contribution in [0.3, 0.4) is 0 Å². The van der Waals surface area contributed by atoms with Gasteiger partial charge in [0.1, 0.15) is 0 Å². The minimum atomic E-state index is -3.85. The Balaban J connectivity index is 1.96. The predicted molar refractivity (Wildman–Crippen MR) is 141 cm³/mol. The van der Waals surface area contributed by atoms with Crippen LogP contribution < -0.4 is 10.2 Å². The van der Waals surface area contributed by atoms with Gasteiger partial charge in [-0.05, 0) is 60.2 Å². The van der Waals surface area contributed by atoms with Crippen molar-refractivity contribution in [2.45, 2.75) is 57.6 Å². The first-order chi connectivity index (χ1) is 16.3. The summed E-state index contributed by atoms with van der Waals surface area (Å²) in [6.07, 6.45) is 1.94. The smallest absolute Gasteiger partial charge is 0.243 e. The number of anilines is 2. The number of nitrogens with zero attached hydrogens (tertiary/aromatic N) is 2. The molecule has 1 amide bonds. The summed E-state index contributed by atoms with van der Waals surface area (Å²) in [6.45, 7) is 7.03. The second-order valence-electron chi connectivity index (χ2n) is 10.4. The van der Waals surface area contributed by atoms with Crippen LogP contribution in [0.15, 0.2) is 47.4 Å². The highest BCUT2D eigenvalue weighted by Gasteiger charge is 2.30. The first kappa shape index (κ1) is 27.5. The molecule has 0 spiro atoms. The number of hydrogen-bond acceptors (Lipinski definition) is 5. The van der Waals surface area contributed by atoms with Crippen molar-refractivity contribution < 1.29 is 17.9 Å². The van der Waals surface area contributed by atoms with Gasteiger partial charge in [-0.1, -0.05) is 38.4 Å². The SMILES string of the molecule is CN(C)c1ccc(NC(=O)CC(C)(C)C)cc1CN(CC1CCCO1)S(=O)(=O)c1cccc(Cl)c1. The van der Waals surface area contributed by atoms with Crippen molar-refractivity contribution in [3.63, 3.8) is 0 Å². The molecule has 1 fully saturated rings. The minimum absolute atomic E-state index is 0.0798. The highest BCUT2D eigenvalue weighted by atomic mass is 35.5. The molecular weight excluding hydrogens is 486 g/mol. The van der Waals surface area contributed by atoms with Crippen molar-refractivity contribution >= 4 is 38.9 Å². The van der Waals surface area contributed by atoms with E-state index in [-0.39, 0.29) is 35.4 Å². The van der Waals surface area contributed by atoms with Gasteiger partial charge in [-0.25, -0.2) is 8.42 Å². The summed E-state index contributed by atoms with van der Waals surface area (Å²) >= 11 is 6.11. The van der Waals surface area contributed by atoms with Gasteiger partial charge >= 0.3 is 0 Å². The summed E-state index contributed by atoms with van der Waals surface area (Å²) in [5.41, 5.74) is 2.15. The van der Waals surface area contributed by atoms with Gasteiger partial charge in [-0.2, -0.15) is 4.31 Å². The van der Waals surface area contributed by atoms with Crippen LogP contribution in [-0.4, -0.2) is 52.0 Å². The lowest BCUT2D eigenvalue weighted by atomic mass is 9.92. The monoisotopic (exact) mass is 521 g/mol. The lowest BCUT2D eigenvalue weighted by Gasteiger charge is -2.27. The number of ether oxygens (including phenoxy) is 1. The topological polar surface area (TPSA) is 79.0 Å². The van der Waals surface area contributed by atoms with E-state index in [4.69, 9.17) is 16.3 Å². The Hall–Kier alpha value is -2.13. The third kappa shape index (κ3) is 7.67. The number of amides is 1. The van der Waals surface area contributed by atoms with E-state index in [1.54, 1.807) is 18.2 Å². The molecule has 1 aliphatic heterocycles. The highest BCUT2D eigenvalue weighted by Crippen LogP contribution is 2.29. The Labute approximate surface area is 214 Å². The Morgan fingerprint density at radius 3 is 2.51 bits per heavy atom. The number of carbonyl (C=O) groups is 1. The largest absolute Gasteiger partial charge is 0.377 e. The molecule has 0 saturated carbocycles. The summed E-state index contributed by atoms with van der Waals surface area (Å²) in [5.74, 6) is -0.0798. The molecule has 35 heavy (non-hydrogen) atoms. The molecule has 1 N–H and O–H groups in total. The van der Waals surface area contributed by atoms with Crippen LogP contribution in [0.2, 0.25) is 5.02 Å². The summed E-state index contributed by atoms with van der Waals surface area (Å²) in [4.78, 5) is 14.6. The van der Waals surface area contributed by atoms with Gasteiger partial charge in [0, 0.05) is 56.6 Å². The molecule has 1 unspecified atom stereocenters. The van der Waals surface area contributed by atoms with E-state index < -0.39 is 10.0 Å². The third-order valence-electron chi connectivity index (χ3n) is 5.75. The van der Waals surface area contributed by atoms with E-state index in [1.807, 2.05) is 58.0 Å². The molecule has 1 saturated heterocycles. The average molecular weight is 522 g/mol. The van der Waals surface area contributed by atoms with E-state index >= 15 is 0 Å². The molecule has 192 valence electrons. The first-order valence-electron chi connectivity index (χ1n) is 11.8. The number of sulfonamides is 1. The number of nitrogens with one attached hydrogen (secondary N) is 1. The van der Waals surface area contributed by atoms with E-state index in [0.717, 1.165) is 24.1 Å². The summed E-state index contributed by atoms with van der Waals surface area (Å²) in [6, 6.07) is 11.9. The zero-order chi connectivity index (χ0) is 25.8. The van der Waals surface area contributed by atoms with Crippen molar-refractivity contribution in [1.29, 1.82) is 0 Å². The van der Waals surface area contributed by atoms with Crippen LogP contribution in [0.4, 0.5) is 11.4 Å². The second-order valence-corrected chi connectivity index (χ2v) is 12.8. The van der Waals surface area contributed by atoms with Crippen molar-refractivity contribution in [3.05, 3.63) is 53.1 Å². The molecule has 0 radical (unpaired) electrons. The fourth-order valence-corrected chi connectivity index (χ4v) is 5.89. The lowest BCUT2D eigenvalue weighted by Crippen LogP contribution is -2.37. The third-order valence-corrected chi connectivity index (χ3v) is 7.79. The van der Waals surface area contributed by atoms with Gasteiger partial charge in [0.2, 0.25) is 15.9 Å². The molecule has 1 heterocycles. The Bertz CT molecular complexity index is 1140. The number of halogens is 1. The molecule has 9 heteroatoms. The second kappa shape index (κ2) is 11.3. The average Bonchev–Trinajstić information content (AvgIpc) is 3.25. The van der Waals surface area contributed by atoms with Crippen LogP contribution in [-0.2, 0) is 26.1 Å². The molecular formula is C26H36ClN3O4S. The Kier molecular flexibility index (Phi) is 8.86. The maximum absolute atomic E-state index is 13.7. The lowest BCUT2D eigenvalue weighted by molar-refractivity contribution is -0.117. The van der Waals surface area contributed by atoms with Gasteiger partial charge in [-0.3, -0.25) is 4.79 Å². The fourth-order valence-electron chi connectivity index (χ4n) is 4.14. The van der Waals surface area contributed by atoms with E-state index in [2.05, 4.69) is 5.32 Å². The standard InChI is InChI=1S/C26H36ClN3O4S/c1-26(2,3)16-25(31)28-21-11-12-24(29(4)5)19(14-21)17-30(18-22-9-7-13-34-22)35(32,33)23-10-6-8-20(27)15-23/h6,8,10-12,14-15,22H,7,9,13,16-18H2,1-5H3,(H,28,31). The van der Waals surface area contributed by atoms with E-state index in [0.29, 0.717) is 23.7 Å². The van der Waals surface area contributed by atoms with Crippen LogP contribution in [0.25, 0.3) is 0 Å². The minimum Gasteiger partial charge on any atom is -0.377 e. The van der Waals surface area contributed by atoms with E-state index in [9.17, 15) is 13.2 Å². The summed E-state index contributed by atoms with van der Waals surface area (Å²) < 4.78 is 34.6. The van der Waals surface area contributed by atoms with Crippen LogP contribution >= 0.6 is 11.6 Å². The maximum Gasteiger partial charge on any atom is 0.243 e. The number of hydrogen-bond donors (Lipinski definition) is 1. The van der Waals surface area contributed by atoms with Gasteiger partial charge in [0.05, 0.1) is 11.0 Å².